The minimum atomic E-state index is -0.0903. The number of hydrogen-bond acceptors (Lipinski definition) is 1. The lowest BCUT2D eigenvalue weighted by atomic mass is 10.1. The molecule has 0 aromatic rings. The lowest BCUT2D eigenvalue weighted by Crippen LogP contribution is -2.08. The Balaban J connectivity index is 2.10. The van der Waals surface area contributed by atoms with Crippen molar-refractivity contribution in [1.82, 2.24) is 0 Å². The van der Waals surface area contributed by atoms with Gasteiger partial charge in [-0.05, 0) is 12.8 Å². The molecule has 1 heteroatoms. The maximum atomic E-state index is 9.43. The van der Waals surface area contributed by atoms with Crippen LogP contribution in [0.5, 0.6) is 0 Å². The van der Waals surface area contributed by atoms with E-state index in [0.29, 0.717) is 5.92 Å². The summed E-state index contributed by atoms with van der Waals surface area (Å²) in [4.78, 5) is 0. The van der Waals surface area contributed by atoms with Crippen LogP contribution in [0.2, 0.25) is 0 Å². The van der Waals surface area contributed by atoms with Gasteiger partial charge in [0, 0.05) is 5.92 Å². The molecule has 0 aromatic heterocycles. The zero-order valence-corrected chi connectivity index (χ0v) is 6.64. The van der Waals surface area contributed by atoms with Gasteiger partial charge in [0.1, 0.15) is 0 Å². The number of unbranched alkanes of at least 4 members (excludes halogenated alkanes) is 1. The lowest BCUT2D eigenvalue weighted by Gasteiger charge is -2.05. The van der Waals surface area contributed by atoms with Crippen molar-refractivity contribution in [2.24, 2.45) is 5.92 Å². The molecule has 0 amide bonds. The van der Waals surface area contributed by atoms with Gasteiger partial charge < -0.3 is 5.11 Å². The number of rotatable bonds is 4. The van der Waals surface area contributed by atoms with Gasteiger partial charge in [0.15, 0.2) is 0 Å². The fourth-order valence-corrected chi connectivity index (χ4v) is 1.25. The van der Waals surface area contributed by atoms with E-state index in [2.05, 4.69) is 13.5 Å². The average Bonchev–Trinajstić information content (AvgIpc) is 2.62. The van der Waals surface area contributed by atoms with Crippen LogP contribution < -0.4 is 0 Å². The van der Waals surface area contributed by atoms with E-state index in [-0.39, 0.29) is 6.10 Å². The molecule has 2 atom stereocenters. The first-order chi connectivity index (χ1) is 4.75. The quantitative estimate of drug-likeness (QED) is 0.593. The molecule has 1 fully saturated rings. The molecule has 10 heavy (non-hydrogen) atoms. The van der Waals surface area contributed by atoms with Crippen LogP contribution in [-0.4, -0.2) is 11.2 Å². The lowest BCUT2D eigenvalue weighted by molar-refractivity contribution is 0.143. The molecule has 0 spiro atoms. The Bertz CT molecular complexity index is 129. The topological polar surface area (TPSA) is 20.2 Å². The van der Waals surface area contributed by atoms with Crippen LogP contribution in [0.1, 0.15) is 32.6 Å². The molecule has 0 unspecified atom stereocenters. The maximum absolute atomic E-state index is 9.43. The fourth-order valence-electron chi connectivity index (χ4n) is 1.25. The number of hydrogen-bond donors (Lipinski definition) is 1. The average molecular weight is 140 g/mol. The summed E-state index contributed by atoms with van der Waals surface area (Å²) in [6, 6.07) is 0. The molecule has 0 saturated heterocycles. The van der Waals surface area contributed by atoms with E-state index in [1.807, 2.05) is 0 Å². The fraction of sp³-hybridized carbons (Fsp3) is 0.778. The van der Waals surface area contributed by atoms with Crippen LogP contribution in [0.25, 0.3) is 0 Å². The smallest absolute Gasteiger partial charge is 0.0608 e. The second-order valence-electron chi connectivity index (χ2n) is 3.18. The summed E-state index contributed by atoms with van der Waals surface area (Å²) >= 11 is 0. The van der Waals surface area contributed by atoms with Gasteiger partial charge in [0.05, 0.1) is 6.10 Å². The van der Waals surface area contributed by atoms with Gasteiger partial charge in [0.2, 0.25) is 0 Å². The largest absolute Gasteiger partial charge is 0.392 e. The molecule has 1 aliphatic rings. The van der Waals surface area contributed by atoms with Gasteiger partial charge in [-0.15, -0.1) is 0 Å². The summed E-state index contributed by atoms with van der Waals surface area (Å²) in [7, 11) is 0. The predicted molar refractivity (Wildman–Crippen MR) is 42.8 cm³/mol. The van der Waals surface area contributed by atoms with Gasteiger partial charge >= 0.3 is 0 Å². The molecule has 1 saturated carbocycles. The predicted octanol–water partition coefficient (Wildman–Crippen LogP) is 2.11. The second-order valence-corrected chi connectivity index (χ2v) is 3.18. The van der Waals surface area contributed by atoms with Crippen LogP contribution in [0, 0.1) is 5.92 Å². The Morgan fingerprint density at radius 1 is 1.80 bits per heavy atom. The van der Waals surface area contributed by atoms with Crippen molar-refractivity contribution in [3.05, 3.63) is 12.2 Å². The van der Waals surface area contributed by atoms with Crippen molar-refractivity contribution < 1.29 is 5.11 Å². The van der Waals surface area contributed by atoms with Gasteiger partial charge in [-0.25, -0.2) is 0 Å². The molecule has 0 radical (unpaired) electrons. The van der Waals surface area contributed by atoms with E-state index in [1.165, 1.54) is 12.0 Å². The third kappa shape index (κ3) is 1.84. The molecule has 1 rings (SSSR count). The molecule has 0 heterocycles. The van der Waals surface area contributed by atoms with Crippen LogP contribution in [0.3, 0.4) is 0 Å². The zero-order valence-electron chi connectivity index (χ0n) is 6.64. The minimum Gasteiger partial charge on any atom is -0.392 e. The monoisotopic (exact) mass is 140 g/mol. The van der Waals surface area contributed by atoms with Crippen molar-refractivity contribution in [3.63, 3.8) is 0 Å². The standard InChI is InChI=1S/C9H16O/c1-3-4-5-9(10)8-6-7(8)2/h8-10H,2-6H2,1H3/t8-,9+/m1/s1. The number of aliphatic hydroxyl groups is 1. The number of aliphatic hydroxyl groups excluding tert-OH is 1. The van der Waals surface area contributed by atoms with Crippen LogP contribution in [0.4, 0.5) is 0 Å². The highest BCUT2D eigenvalue weighted by atomic mass is 16.3. The molecular weight excluding hydrogens is 124 g/mol. The SMILES string of the molecule is C=C1C[C@H]1[C@@H](O)CCCC. The summed E-state index contributed by atoms with van der Waals surface area (Å²) < 4.78 is 0. The molecule has 0 aliphatic heterocycles. The van der Waals surface area contributed by atoms with Gasteiger partial charge in [-0.1, -0.05) is 31.9 Å². The van der Waals surface area contributed by atoms with Crippen LogP contribution in [-0.2, 0) is 0 Å². The van der Waals surface area contributed by atoms with Crippen molar-refractivity contribution in [2.75, 3.05) is 0 Å². The van der Waals surface area contributed by atoms with Gasteiger partial charge in [-0.3, -0.25) is 0 Å². The summed E-state index contributed by atoms with van der Waals surface area (Å²) in [5.74, 6) is 0.451. The van der Waals surface area contributed by atoms with E-state index in [1.54, 1.807) is 0 Å². The third-order valence-corrected chi connectivity index (χ3v) is 2.16. The Hall–Kier alpha value is -0.300. The summed E-state index contributed by atoms with van der Waals surface area (Å²) in [6.07, 6.45) is 4.25. The van der Waals surface area contributed by atoms with Gasteiger partial charge in [-0.2, -0.15) is 0 Å². The highest BCUT2D eigenvalue weighted by Crippen LogP contribution is 2.40. The highest BCUT2D eigenvalue weighted by Gasteiger charge is 2.33. The maximum Gasteiger partial charge on any atom is 0.0608 e. The zero-order chi connectivity index (χ0) is 7.56. The Morgan fingerprint density at radius 2 is 2.40 bits per heavy atom. The van der Waals surface area contributed by atoms with Crippen LogP contribution >= 0.6 is 0 Å². The molecule has 0 bridgehead atoms. The highest BCUT2D eigenvalue weighted by molar-refractivity contribution is 5.20. The first-order valence-corrected chi connectivity index (χ1v) is 4.11. The van der Waals surface area contributed by atoms with Crippen molar-refractivity contribution >= 4 is 0 Å². The summed E-state index contributed by atoms with van der Waals surface area (Å²) in [5, 5.41) is 9.43. The van der Waals surface area contributed by atoms with E-state index in [9.17, 15) is 5.11 Å². The Kier molecular flexibility index (Phi) is 2.50. The Labute approximate surface area is 62.8 Å². The molecule has 1 nitrogen and oxygen atoms in total. The van der Waals surface area contributed by atoms with Crippen LogP contribution in [0.15, 0.2) is 12.2 Å². The Morgan fingerprint density at radius 3 is 2.80 bits per heavy atom. The van der Waals surface area contributed by atoms with Crippen molar-refractivity contribution in [1.29, 1.82) is 0 Å². The molecule has 1 N–H and O–H groups in total. The van der Waals surface area contributed by atoms with E-state index < -0.39 is 0 Å². The molecule has 0 aromatic carbocycles. The van der Waals surface area contributed by atoms with E-state index in [0.717, 1.165) is 19.3 Å². The van der Waals surface area contributed by atoms with Crippen molar-refractivity contribution in [2.45, 2.75) is 38.7 Å². The molecular formula is C9H16O. The minimum absolute atomic E-state index is 0.0903. The third-order valence-electron chi connectivity index (χ3n) is 2.16. The first-order valence-electron chi connectivity index (χ1n) is 4.11. The van der Waals surface area contributed by atoms with E-state index >= 15 is 0 Å². The van der Waals surface area contributed by atoms with Gasteiger partial charge in [0.25, 0.3) is 0 Å². The first kappa shape index (κ1) is 7.80. The molecule has 58 valence electrons. The van der Waals surface area contributed by atoms with E-state index in [4.69, 9.17) is 0 Å². The normalized spacial score (nSPS) is 26.6. The van der Waals surface area contributed by atoms with Crippen molar-refractivity contribution in [3.8, 4) is 0 Å². The second kappa shape index (κ2) is 3.20. The molecule has 1 aliphatic carbocycles. The summed E-state index contributed by atoms with van der Waals surface area (Å²) in [5.41, 5.74) is 1.24. The summed E-state index contributed by atoms with van der Waals surface area (Å²) in [6.45, 7) is 5.96.